The molecule has 0 saturated heterocycles. The van der Waals surface area contributed by atoms with Crippen LogP contribution in [0.5, 0.6) is 0 Å². The zero-order chi connectivity index (χ0) is 35.9. The molecule has 50 heavy (non-hydrogen) atoms. The van der Waals surface area contributed by atoms with Crippen LogP contribution >= 0.6 is 22.7 Å². The summed E-state index contributed by atoms with van der Waals surface area (Å²) in [4.78, 5) is 51.0. The van der Waals surface area contributed by atoms with E-state index in [-0.39, 0.29) is 25.0 Å². The first-order valence-electron chi connectivity index (χ1n) is 17.0. The summed E-state index contributed by atoms with van der Waals surface area (Å²) < 4.78 is 5.42. The molecule has 0 saturated carbocycles. The molecule has 0 aliphatic carbocycles. The van der Waals surface area contributed by atoms with Crippen LogP contribution in [0, 0.1) is 0 Å². The van der Waals surface area contributed by atoms with E-state index >= 15 is 0 Å². The number of urea groups is 1. The van der Waals surface area contributed by atoms with Gasteiger partial charge in [-0.1, -0.05) is 81.4 Å². The van der Waals surface area contributed by atoms with E-state index in [4.69, 9.17) is 4.74 Å². The van der Waals surface area contributed by atoms with Gasteiger partial charge in [0.1, 0.15) is 12.6 Å². The van der Waals surface area contributed by atoms with Gasteiger partial charge in [0.2, 0.25) is 5.91 Å². The Morgan fingerprint density at radius 1 is 0.920 bits per heavy atom. The summed E-state index contributed by atoms with van der Waals surface area (Å²) in [5, 5.41) is 23.4. The number of ether oxygens (including phenoxy) is 1. The fourth-order valence-electron chi connectivity index (χ4n) is 5.39. The first-order chi connectivity index (χ1) is 24.1. The van der Waals surface area contributed by atoms with Gasteiger partial charge in [0.15, 0.2) is 0 Å². The molecule has 0 spiro atoms. The molecule has 1 unspecified atom stereocenters. The van der Waals surface area contributed by atoms with E-state index in [1.54, 1.807) is 34.9 Å². The van der Waals surface area contributed by atoms with Crippen molar-refractivity contribution in [3.05, 3.63) is 104 Å². The van der Waals surface area contributed by atoms with Crippen molar-refractivity contribution < 1.29 is 24.2 Å². The van der Waals surface area contributed by atoms with Gasteiger partial charge in [-0.05, 0) is 43.7 Å². The summed E-state index contributed by atoms with van der Waals surface area (Å²) in [5.41, 5.74) is 4.38. The molecular weight excluding hydrogens is 673 g/mol. The second kappa shape index (κ2) is 19.8. The monoisotopic (exact) mass is 720 g/mol. The first-order valence-corrected chi connectivity index (χ1v) is 18.7. The van der Waals surface area contributed by atoms with Crippen LogP contribution in [0.25, 0.3) is 0 Å². The Hall–Kier alpha value is -4.33. The fourth-order valence-corrected chi connectivity index (χ4v) is 6.72. The predicted molar refractivity (Wildman–Crippen MR) is 197 cm³/mol. The molecule has 4 rings (SSSR count). The largest absolute Gasteiger partial charge is 0.444 e. The molecule has 0 aliphatic rings. The van der Waals surface area contributed by atoms with Gasteiger partial charge in [0.25, 0.3) is 0 Å². The van der Waals surface area contributed by atoms with Crippen molar-refractivity contribution in [2.24, 2.45) is 0 Å². The lowest BCUT2D eigenvalue weighted by Crippen LogP contribution is -2.53. The Balaban J connectivity index is 1.43. The predicted octanol–water partition coefficient (Wildman–Crippen LogP) is 6.05. The van der Waals surface area contributed by atoms with Crippen LogP contribution in [0.4, 0.5) is 9.59 Å². The number of thiazole rings is 2. The summed E-state index contributed by atoms with van der Waals surface area (Å²) >= 11 is 2.96. The van der Waals surface area contributed by atoms with Crippen LogP contribution in [0.3, 0.4) is 0 Å². The Bertz CT molecular complexity index is 1600. The quantitative estimate of drug-likeness (QED) is 0.0980. The molecule has 0 fully saturated rings. The minimum absolute atomic E-state index is 0.0688. The van der Waals surface area contributed by atoms with Crippen LogP contribution < -0.4 is 16.0 Å². The van der Waals surface area contributed by atoms with E-state index in [1.165, 1.54) is 11.3 Å². The van der Waals surface area contributed by atoms with Gasteiger partial charge < -0.3 is 30.7 Å². The van der Waals surface area contributed by atoms with Gasteiger partial charge in [-0.15, -0.1) is 22.7 Å². The van der Waals surface area contributed by atoms with Gasteiger partial charge in [-0.3, -0.25) is 9.78 Å². The molecule has 2 heterocycles. The third-order valence-electron chi connectivity index (χ3n) is 8.02. The standard InChI is InChI=1S/C37H48N6O5S2/c1-5-16-43(21-30-23-49-35(41-30)25(2)3)36(46)39-26(4)34(45)40-29(17-27-12-8-6-9-13-27)19-33(44)32(18-28-14-10-7-11-15-28)42-37(47)48-22-31-20-38-24-50-31/h6-15,20,23-26,29,32-33,44H,5,16-19,21-22H2,1-4H3,(H,39,46)(H,40,45)(H,42,47)/t26?,29-,32-,33-/m0/s1. The Labute approximate surface area is 302 Å². The third-order valence-corrected chi connectivity index (χ3v) is 9.97. The lowest BCUT2D eigenvalue weighted by atomic mass is 9.93. The number of nitrogens with zero attached hydrogens (tertiary/aromatic N) is 3. The number of carbonyl (C=O) groups is 3. The molecule has 0 bridgehead atoms. The first kappa shape index (κ1) is 38.5. The number of carbonyl (C=O) groups excluding carboxylic acids is 3. The lowest BCUT2D eigenvalue weighted by Gasteiger charge is -2.29. The zero-order valence-electron chi connectivity index (χ0n) is 29.1. The summed E-state index contributed by atoms with van der Waals surface area (Å²) in [6, 6.07) is 16.8. The average molecular weight is 721 g/mol. The van der Waals surface area contributed by atoms with E-state index in [0.717, 1.165) is 33.1 Å². The molecule has 13 heteroatoms. The number of aliphatic hydroxyl groups excluding tert-OH is 1. The molecule has 4 amide bonds. The molecule has 4 N–H and O–H groups in total. The highest BCUT2D eigenvalue weighted by atomic mass is 32.1. The van der Waals surface area contributed by atoms with Gasteiger partial charge in [0.05, 0.1) is 39.8 Å². The SMILES string of the molecule is CCCN(Cc1csc(C(C)C)n1)C(=O)NC(C)C(=O)N[C@@H](Cc1ccccc1)C[C@H](O)[C@H](Cc1ccccc1)NC(=O)OCc1cncs1. The number of benzene rings is 2. The normalized spacial score (nSPS) is 13.6. The van der Waals surface area contributed by atoms with Crippen LogP contribution in [0.1, 0.15) is 73.2 Å². The highest BCUT2D eigenvalue weighted by Crippen LogP contribution is 2.20. The van der Waals surface area contributed by atoms with Gasteiger partial charge in [-0.25, -0.2) is 14.6 Å². The second-order valence-corrected chi connectivity index (χ2v) is 14.5. The Morgan fingerprint density at radius 3 is 2.20 bits per heavy atom. The van der Waals surface area contributed by atoms with E-state index < -0.39 is 30.3 Å². The maximum Gasteiger partial charge on any atom is 0.407 e. The molecule has 11 nitrogen and oxygen atoms in total. The molecule has 4 atom stereocenters. The number of hydrogen-bond acceptors (Lipinski definition) is 9. The molecule has 2 aromatic carbocycles. The maximum atomic E-state index is 13.6. The Morgan fingerprint density at radius 2 is 1.60 bits per heavy atom. The molecule has 0 radical (unpaired) electrons. The van der Waals surface area contributed by atoms with Gasteiger partial charge in [0, 0.05) is 30.1 Å². The topological polar surface area (TPSA) is 146 Å². The van der Waals surface area contributed by atoms with Crippen molar-refractivity contribution in [1.29, 1.82) is 0 Å². The lowest BCUT2D eigenvalue weighted by molar-refractivity contribution is -0.123. The molecular formula is C37H48N6O5S2. The van der Waals surface area contributed by atoms with E-state index in [0.29, 0.717) is 31.8 Å². The number of nitrogens with one attached hydrogen (secondary N) is 3. The van der Waals surface area contributed by atoms with E-state index in [9.17, 15) is 19.5 Å². The van der Waals surface area contributed by atoms with Crippen molar-refractivity contribution in [3.8, 4) is 0 Å². The minimum Gasteiger partial charge on any atom is -0.444 e. The minimum atomic E-state index is -1.04. The molecule has 268 valence electrons. The van der Waals surface area contributed by atoms with Crippen LogP contribution in [-0.4, -0.2) is 68.8 Å². The fraction of sp³-hybridized carbons (Fsp3) is 0.432. The van der Waals surface area contributed by atoms with Crippen molar-refractivity contribution in [1.82, 2.24) is 30.8 Å². The number of amides is 4. The van der Waals surface area contributed by atoms with Crippen molar-refractivity contribution >= 4 is 40.7 Å². The van der Waals surface area contributed by atoms with Gasteiger partial charge >= 0.3 is 12.1 Å². The molecule has 0 aliphatic heterocycles. The van der Waals surface area contributed by atoms with Crippen LogP contribution in [0.2, 0.25) is 0 Å². The molecule has 2 aromatic heterocycles. The number of alkyl carbamates (subject to hydrolysis) is 1. The second-order valence-electron chi connectivity index (χ2n) is 12.6. The highest BCUT2D eigenvalue weighted by molar-refractivity contribution is 7.09. The van der Waals surface area contributed by atoms with Crippen molar-refractivity contribution in [2.45, 2.75) is 96.7 Å². The third kappa shape index (κ3) is 12.5. The summed E-state index contributed by atoms with van der Waals surface area (Å²) in [5.74, 6) is -0.0733. The number of rotatable bonds is 18. The van der Waals surface area contributed by atoms with Crippen molar-refractivity contribution in [2.75, 3.05) is 6.54 Å². The zero-order valence-corrected chi connectivity index (χ0v) is 30.7. The summed E-state index contributed by atoms with van der Waals surface area (Å²) in [6.45, 7) is 8.75. The Kier molecular flexibility index (Phi) is 15.2. The number of aromatic nitrogens is 2. The van der Waals surface area contributed by atoms with E-state index in [2.05, 4.69) is 39.8 Å². The van der Waals surface area contributed by atoms with Crippen LogP contribution in [0.15, 0.2) is 77.8 Å². The van der Waals surface area contributed by atoms with E-state index in [1.807, 2.05) is 73.0 Å². The highest BCUT2D eigenvalue weighted by Gasteiger charge is 2.29. The smallest absolute Gasteiger partial charge is 0.407 e. The summed E-state index contributed by atoms with van der Waals surface area (Å²) in [7, 11) is 0. The average Bonchev–Trinajstić information content (AvgIpc) is 3.81. The van der Waals surface area contributed by atoms with Gasteiger partial charge in [-0.2, -0.15) is 0 Å². The van der Waals surface area contributed by atoms with Crippen LogP contribution in [-0.2, 0) is 35.5 Å². The summed E-state index contributed by atoms with van der Waals surface area (Å²) in [6.07, 6.45) is 1.61. The van der Waals surface area contributed by atoms with Crippen molar-refractivity contribution in [3.63, 3.8) is 0 Å². The number of hydrogen-bond donors (Lipinski definition) is 4. The molecule has 4 aromatic rings. The number of aliphatic hydroxyl groups is 1. The maximum absolute atomic E-state index is 13.6.